The van der Waals surface area contributed by atoms with E-state index in [2.05, 4.69) is 10.3 Å². The van der Waals surface area contributed by atoms with E-state index in [1.54, 1.807) is 5.32 Å². The molecule has 18 heavy (non-hydrogen) atoms. The van der Waals surface area contributed by atoms with Gasteiger partial charge in [0, 0.05) is 0 Å². The Kier molecular flexibility index (Phi) is 3.55. The minimum absolute atomic E-state index is 0.0610. The molecule has 1 aliphatic rings. The minimum Gasteiger partial charge on any atom is -0.446 e. The van der Waals surface area contributed by atoms with Crippen LogP contribution in [0.15, 0.2) is 10.7 Å². The lowest BCUT2D eigenvalue weighted by atomic mass is 10.2. The zero-order valence-corrected chi connectivity index (χ0v) is 9.38. The van der Waals surface area contributed by atoms with Gasteiger partial charge in [0.25, 0.3) is 5.91 Å². The summed E-state index contributed by atoms with van der Waals surface area (Å²) in [5, 5.41) is 4.85. The molecule has 1 unspecified atom stereocenters. The van der Waals surface area contributed by atoms with Gasteiger partial charge < -0.3 is 15.1 Å². The van der Waals surface area contributed by atoms with Crippen LogP contribution in [0.5, 0.6) is 0 Å². The van der Waals surface area contributed by atoms with Gasteiger partial charge in [-0.05, 0) is 19.4 Å². The summed E-state index contributed by atoms with van der Waals surface area (Å²) < 4.78 is 40.8. The number of nitrogens with zero attached hydrogens (tertiary/aromatic N) is 1. The first-order chi connectivity index (χ1) is 8.46. The highest BCUT2D eigenvalue weighted by Crippen LogP contribution is 2.22. The fourth-order valence-electron chi connectivity index (χ4n) is 1.72. The Balaban J connectivity index is 1.94. The van der Waals surface area contributed by atoms with Gasteiger partial charge in [-0.2, -0.15) is 13.2 Å². The van der Waals surface area contributed by atoms with Gasteiger partial charge in [0.2, 0.25) is 5.89 Å². The van der Waals surface area contributed by atoms with Gasteiger partial charge in [0.05, 0.1) is 6.04 Å². The first kappa shape index (κ1) is 12.9. The maximum atomic E-state index is 11.9. The molecule has 2 N–H and O–H groups in total. The van der Waals surface area contributed by atoms with Crippen LogP contribution < -0.4 is 10.6 Å². The normalized spacial score (nSPS) is 20.1. The molecule has 100 valence electrons. The number of carbonyl (C=O) groups is 1. The summed E-state index contributed by atoms with van der Waals surface area (Å²) in [4.78, 5) is 15.2. The zero-order valence-electron chi connectivity index (χ0n) is 9.38. The number of halogens is 3. The third-order valence-corrected chi connectivity index (χ3v) is 2.56. The van der Waals surface area contributed by atoms with Crippen LogP contribution in [0.3, 0.4) is 0 Å². The van der Waals surface area contributed by atoms with E-state index in [1.165, 1.54) is 0 Å². The summed E-state index contributed by atoms with van der Waals surface area (Å²) in [6.45, 7) is -0.543. The molecule has 8 heteroatoms. The van der Waals surface area contributed by atoms with Crippen LogP contribution in [0.4, 0.5) is 13.2 Å². The minimum atomic E-state index is -4.44. The summed E-state index contributed by atoms with van der Waals surface area (Å²) >= 11 is 0. The molecule has 1 aliphatic heterocycles. The monoisotopic (exact) mass is 263 g/mol. The van der Waals surface area contributed by atoms with Crippen molar-refractivity contribution >= 4 is 5.91 Å². The molecule has 1 fully saturated rings. The Morgan fingerprint density at radius 2 is 2.39 bits per heavy atom. The van der Waals surface area contributed by atoms with Crippen molar-refractivity contribution in [1.82, 2.24) is 15.6 Å². The molecule has 0 radical (unpaired) electrons. The molecule has 0 aromatic carbocycles. The summed E-state index contributed by atoms with van der Waals surface area (Å²) in [6, 6.07) is -0.0610. The second kappa shape index (κ2) is 4.97. The van der Waals surface area contributed by atoms with E-state index < -0.39 is 18.6 Å². The van der Waals surface area contributed by atoms with Crippen LogP contribution in [0, 0.1) is 0 Å². The highest BCUT2D eigenvalue weighted by molar-refractivity contribution is 5.91. The van der Waals surface area contributed by atoms with E-state index in [-0.39, 0.29) is 11.7 Å². The maximum Gasteiger partial charge on any atom is 0.405 e. The molecule has 5 nitrogen and oxygen atoms in total. The average Bonchev–Trinajstić information content (AvgIpc) is 2.94. The molecule has 0 aliphatic carbocycles. The fourth-order valence-corrected chi connectivity index (χ4v) is 1.72. The molecule has 2 heterocycles. The standard InChI is InChI=1S/C10H12F3N3O2/c11-10(12,13)5-15-8(17)7-4-18-9(16-7)6-2-1-3-14-6/h4,6,14H,1-3,5H2,(H,15,17). The van der Waals surface area contributed by atoms with Crippen molar-refractivity contribution in [1.29, 1.82) is 0 Å². The number of nitrogens with one attached hydrogen (secondary N) is 2. The van der Waals surface area contributed by atoms with Crippen LogP contribution in [0.2, 0.25) is 0 Å². The lowest BCUT2D eigenvalue weighted by Crippen LogP contribution is -2.33. The van der Waals surface area contributed by atoms with Crippen LogP contribution >= 0.6 is 0 Å². The van der Waals surface area contributed by atoms with E-state index in [0.717, 1.165) is 25.6 Å². The molecule has 1 atom stereocenters. The molecular formula is C10H12F3N3O2. The van der Waals surface area contributed by atoms with Gasteiger partial charge in [0.1, 0.15) is 12.8 Å². The van der Waals surface area contributed by atoms with Crippen molar-refractivity contribution < 1.29 is 22.4 Å². The van der Waals surface area contributed by atoms with Gasteiger partial charge in [-0.1, -0.05) is 0 Å². The Labute approximate surface area is 101 Å². The van der Waals surface area contributed by atoms with Crippen LogP contribution in [-0.4, -0.2) is 30.2 Å². The molecular weight excluding hydrogens is 251 g/mol. The Bertz CT molecular complexity index is 424. The Morgan fingerprint density at radius 3 is 3.00 bits per heavy atom. The number of hydrogen-bond acceptors (Lipinski definition) is 4. The Hall–Kier alpha value is -1.57. The fraction of sp³-hybridized carbons (Fsp3) is 0.600. The van der Waals surface area contributed by atoms with Crippen LogP contribution in [0.25, 0.3) is 0 Å². The lowest BCUT2D eigenvalue weighted by molar-refractivity contribution is -0.123. The van der Waals surface area contributed by atoms with E-state index >= 15 is 0 Å². The average molecular weight is 263 g/mol. The number of carbonyl (C=O) groups excluding carboxylic acids is 1. The van der Waals surface area contributed by atoms with Gasteiger partial charge >= 0.3 is 6.18 Å². The maximum absolute atomic E-state index is 11.9. The molecule has 0 spiro atoms. The number of amides is 1. The van der Waals surface area contributed by atoms with Gasteiger partial charge in [-0.15, -0.1) is 0 Å². The summed E-state index contributed by atoms with van der Waals surface area (Å²) in [7, 11) is 0. The molecule has 1 aromatic rings. The van der Waals surface area contributed by atoms with Crippen molar-refractivity contribution in [2.24, 2.45) is 0 Å². The number of alkyl halides is 3. The second-order valence-corrected chi connectivity index (χ2v) is 4.02. The molecule has 1 aromatic heterocycles. The van der Waals surface area contributed by atoms with E-state index in [4.69, 9.17) is 4.42 Å². The van der Waals surface area contributed by atoms with Crippen molar-refractivity contribution in [3.05, 3.63) is 17.8 Å². The molecule has 0 bridgehead atoms. The third kappa shape index (κ3) is 3.22. The molecule has 1 saturated heterocycles. The van der Waals surface area contributed by atoms with Gasteiger partial charge in [-0.25, -0.2) is 4.98 Å². The zero-order chi connectivity index (χ0) is 13.2. The number of rotatable bonds is 3. The van der Waals surface area contributed by atoms with E-state index in [9.17, 15) is 18.0 Å². The summed E-state index contributed by atoms with van der Waals surface area (Å²) in [6.07, 6.45) is -1.55. The van der Waals surface area contributed by atoms with Gasteiger partial charge in [-0.3, -0.25) is 4.79 Å². The Morgan fingerprint density at radius 1 is 1.61 bits per heavy atom. The molecule has 2 rings (SSSR count). The number of hydrogen-bond donors (Lipinski definition) is 2. The first-order valence-corrected chi connectivity index (χ1v) is 5.49. The molecule has 0 saturated carbocycles. The topological polar surface area (TPSA) is 67.2 Å². The van der Waals surface area contributed by atoms with Crippen molar-refractivity contribution in [3.63, 3.8) is 0 Å². The highest BCUT2D eigenvalue weighted by atomic mass is 19.4. The second-order valence-electron chi connectivity index (χ2n) is 4.02. The lowest BCUT2D eigenvalue weighted by Gasteiger charge is -2.06. The smallest absolute Gasteiger partial charge is 0.405 e. The summed E-state index contributed by atoms with van der Waals surface area (Å²) in [5.74, 6) is -0.551. The van der Waals surface area contributed by atoms with Crippen molar-refractivity contribution in [3.8, 4) is 0 Å². The number of oxazole rings is 1. The third-order valence-electron chi connectivity index (χ3n) is 2.56. The number of aromatic nitrogens is 1. The predicted octanol–water partition coefficient (Wildman–Crippen LogP) is 1.39. The summed E-state index contributed by atoms with van der Waals surface area (Å²) in [5.41, 5.74) is -0.136. The SMILES string of the molecule is O=C(NCC(F)(F)F)c1coc(C2CCCN2)n1. The van der Waals surface area contributed by atoms with Gasteiger partial charge in [0.15, 0.2) is 5.69 Å². The largest absolute Gasteiger partial charge is 0.446 e. The van der Waals surface area contributed by atoms with Crippen molar-refractivity contribution in [2.45, 2.75) is 25.1 Å². The first-order valence-electron chi connectivity index (χ1n) is 5.49. The van der Waals surface area contributed by atoms with E-state index in [0.29, 0.717) is 5.89 Å². The van der Waals surface area contributed by atoms with E-state index in [1.807, 2.05) is 0 Å². The van der Waals surface area contributed by atoms with Crippen LogP contribution in [0.1, 0.15) is 35.3 Å². The predicted molar refractivity (Wildman–Crippen MR) is 54.9 cm³/mol. The quantitative estimate of drug-likeness (QED) is 0.864. The van der Waals surface area contributed by atoms with Crippen LogP contribution in [-0.2, 0) is 0 Å². The van der Waals surface area contributed by atoms with Crippen molar-refractivity contribution in [2.75, 3.05) is 13.1 Å². The highest BCUT2D eigenvalue weighted by Gasteiger charge is 2.29. The molecule has 1 amide bonds.